The average Bonchev–Trinajstić information content (AvgIpc) is 3.69. The molecule has 0 saturated carbocycles. The molecule has 5 heterocycles. The molecule has 14 atom stereocenters. The summed E-state index contributed by atoms with van der Waals surface area (Å²) in [5.41, 5.74) is -0.119. The molecule has 0 aliphatic carbocycles. The summed E-state index contributed by atoms with van der Waals surface area (Å²) in [7, 11) is 0. The molecule has 5 fully saturated rings. The molecule has 52 heavy (non-hydrogen) atoms. The van der Waals surface area contributed by atoms with Crippen LogP contribution in [0.5, 0.6) is 5.75 Å². The Balaban J connectivity index is 0.897. The molecule has 1 aromatic rings. The van der Waals surface area contributed by atoms with Gasteiger partial charge in [-0.15, -0.1) is 0 Å². The number of aliphatic hydroxyl groups excluding tert-OH is 5. The van der Waals surface area contributed by atoms with Crippen LogP contribution in [-0.4, -0.2) is 160 Å². The lowest BCUT2D eigenvalue weighted by Gasteiger charge is -2.46. The smallest absolute Gasteiger partial charge is 0.315 e. The van der Waals surface area contributed by atoms with Crippen molar-refractivity contribution >= 4 is 29.4 Å². The van der Waals surface area contributed by atoms with Crippen molar-refractivity contribution < 1.29 is 68.5 Å². The van der Waals surface area contributed by atoms with Crippen molar-refractivity contribution in [1.29, 1.82) is 0 Å². The second-order valence-electron chi connectivity index (χ2n) is 13.5. The number of nitrogens with one attached hydrogen (secondary N) is 3. The van der Waals surface area contributed by atoms with E-state index < -0.39 is 78.8 Å². The van der Waals surface area contributed by atoms with Gasteiger partial charge in [-0.05, 0) is 25.0 Å². The van der Waals surface area contributed by atoms with E-state index in [2.05, 4.69) is 16.0 Å². The van der Waals surface area contributed by atoms with E-state index >= 15 is 0 Å². The lowest BCUT2D eigenvalue weighted by Crippen LogP contribution is -2.65. The van der Waals surface area contributed by atoms with Gasteiger partial charge in [0.1, 0.15) is 55.1 Å². The van der Waals surface area contributed by atoms with Gasteiger partial charge in [-0.25, -0.2) is 4.79 Å². The molecular formula is C32H46N4O15S. The fourth-order valence-electron chi connectivity index (χ4n) is 7.16. The first-order chi connectivity index (χ1) is 25.0. The Labute approximate surface area is 302 Å². The van der Waals surface area contributed by atoms with Crippen LogP contribution >= 0.6 is 11.8 Å². The van der Waals surface area contributed by atoms with Crippen molar-refractivity contribution in [2.75, 3.05) is 38.8 Å². The third-order valence-corrected chi connectivity index (χ3v) is 11.6. The highest BCUT2D eigenvalue weighted by molar-refractivity contribution is 8.00. The molecule has 0 bridgehead atoms. The highest BCUT2D eigenvalue weighted by Crippen LogP contribution is 2.34. The second kappa shape index (κ2) is 17.5. The summed E-state index contributed by atoms with van der Waals surface area (Å²) >= 11 is 1.82. The van der Waals surface area contributed by atoms with Crippen molar-refractivity contribution in [3.05, 3.63) is 34.4 Å². The Morgan fingerprint density at radius 1 is 0.962 bits per heavy atom. The predicted octanol–water partition coefficient (Wildman–Crippen LogP) is -1.88. The van der Waals surface area contributed by atoms with E-state index in [0.717, 1.165) is 18.6 Å². The molecule has 19 nitrogen and oxygen atoms in total. The number of urea groups is 1. The van der Waals surface area contributed by atoms with E-state index in [-0.39, 0.29) is 68.3 Å². The Morgan fingerprint density at radius 2 is 1.71 bits per heavy atom. The molecule has 8 N–H and O–H groups in total. The van der Waals surface area contributed by atoms with Crippen LogP contribution in [-0.2, 0) is 28.5 Å². The Kier molecular flexibility index (Phi) is 13.1. The molecule has 20 heteroatoms. The third-order valence-electron chi connectivity index (χ3n) is 10.1. The van der Waals surface area contributed by atoms with Gasteiger partial charge in [0.05, 0.1) is 55.6 Å². The van der Waals surface area contributed by atoms with Crippen LogP contribution in [0.1, 0.15) is 25.7 Å². The van der Waals surface area contributed by atoms with Gasteiger partial charge in [0.2, 0.25) is 12.3 Å². The fraction of sp³-hybridized carbons (Fsp3) is 0.750. The number of ether oxygens (including phenoxy) is 6. The standard InChI is InChI=1S/C32H46N4O15S/c37-9-19-17(26(39)27(40)21(49-19)12-47-16-7-5-15(6-8-16)36(44)45)10-46-11-20-28(41)29(42)30-22(50-20)13-48-32(51-30)34-24(38)4-2-1-3-23-25-18(14-52-23)33-31(43)35-25/h5-8,17-23,25-30,32,37,39-42H,1-4,9-14H2,(H,34,38)(H2,33,35,43). The van der Waals surface area contributed by atoms with Crippen LogP contribution in [0.4, 0.5) is 10.5 Å². The van der Waals surface area contributed by atoms with E-state index in [0.29, 0.717) is 11.7 Å². The third kappa shape index (κ3) is 9.07. The zero-order valence-corrected chi connectivity index (χ0v) is 29.0. The molecule has 290 valence electrons. The summed E-state index contributed by atoms with van der Waals surface area (Å²) in [6.45, 7) is -1.20. The maximum Gasteiger partial charge on any atom is 0.315 e. The molecule has 5 aliphatic rings. The highest BCUT2D eigenvalue weighted by atomic mass is 32.2. The molecular weight excluding hydrogens is 712 g/mol. The van der Waals surface area contributed by atoms with Crippen molar-refractivity contribution in [1.82, 2.24) is 16.0 Å². The zero-order valence-electron chi connectivity index (χ0n) is 28.1. The predicted molar refractivity (Wildman–Crippen MR) is 178 cm³/mol. The summed E-state index contributed by atoms with van der Waals surface area (Å²) in [6, 6.07) is 5.43. The van der Waals surface area contributed by atoms with Crippen LogP contribution in [0, 0.1) is 16.0 Å². The van der Waals surface area contributed by atoms with Crippen molar-refractivity contribution in [2.45, 2.75) is 104 Å². The number of nitro benzene ring substituents is 1. The minimum atomic E-state index is -1.43. The minimum Gasteiger partial charge on any atom is -0.491 e. The summed E-state index contributed by atoms with van der Waals surface area (Å²) < 4.78 is 34.4. The molecule has 6 rings (SSSR count). The van der Waals surface area contributed by atoms with Crippen molar-refractivity contribution in [3.8, 4) is 5.75 Å². The van der Waals surface area contributed by atoms with Crippen LogP contribution in [0.15, 0.2) is 24.3 Å². The van der Waals surface area contributed by atoms with E-state index in [4.69, 9.17) is 28.4 Å². The van der Waals surface area contributed by atoms with E-state index in [1.807, 2.05) is 11.8 Å². The van der Waals surface area contributed by atoms with Crippen LogP contribution in [0.2, 0.25) is 0 Å². The molecule has 1 aromatic carbocycles. The second-order valence-corrected chi connectivity index (χ2v) is 14.8. The average molecular weight is 759 g/mol. The first-order valence-corrected chi connectivity index (χ1v) is 18.4. The zero-order chi connectivity index (χ0) is 36.9. The van der Waals surface area contributed by atoms with E-state index in [1.165, 1.54) is 24.3 Å². The Morgan fingerprint density at radius 3 is 2.46 bits per heavy atom. The number of nitrogens with zero attached hydrogens (tertiary/aromatic N) is 1. The van der Waals surface area contributed by atoms with Gasteiger partial charge in [0, 0.05) is 35.5 Å². The Bertz CT molecular complexity index is 1380. The number of unbranched alkanes of at least 4 members (excludes halogenated alkanes) is 1. The maximum atomic E-state index is 12.6. The van der Waals surface area contributed by atoms with Crippen LogP contribution in [0.25, 0.3) is 0 Å². The van der Waals surface area contributed by atoms with Gasteiger partial charge in [-0.1, -0.05) is 6.42 Å². The topological polar surface area (TPSA) is 270 Å². The first-order valence-electron chi connectivity index (χ1n) is 17.4. The largest absolute Gasteiger partial charge is 0.491 e. The number of aliphatic hydroxyl groups is 5. The molecule has 0 radical (unpaired) electrons. The highest BCUT2D eigenvalue weighted by Gasteiger charge is 2.50. The molecule has 5 aliphatic heterocycles. The number of nitro groups is 1. The molecule has 14 unspecified atom stereocenters. The summed E-state index contributed by atoms with van der Waals surface area (Å²) in [4.78, 5) is 34.5. The lowest BCUT2D eigenvalue weighted by atomic mass is 9.87. The quantitative estimate of drug-likeness (QED) is 0.0421. The number of hydrogen-bond donors (Lipinski definition) is 8. The number of rotatable bonds is 15. The molecule has 0 aromatic heterocycles. The number of thioether (sulfide) groups is 1. The number of non-ortho nitro benzene ring substituents is 1. The first kappa shape index (κ1) is 38.8. The van der Waals surface area contributed by atoms with E-state index in [1.54, 1.807) is 0 Å². The van der Waals surface area contributed by atoms with Gasteiger partial charge in [0.15, 0.2) is 0 Å². The lowest BCUT2D eigenvalue weighted by molar-refractivity contribution is -0.384. The number of fused-ring (bicyclic) bond motifs is 2. The number of amides is 3. The molecule has 0 spiro atoms. The maximum absolute atomic E-state index is 12.6. The van der Waals surface area contributed by atoms with Crippen LogP contribution in [0.3, 0.4) is 0 Å². The van der Waals surface area contributed by atoms with Gasteiger partial charge >= 0.3 is 6.03 Å². The Hall–Kier alpha value is -2.89. The number of carbonyl (C=O) groups excluding carboxylic acids is 2. The van der Waals surface area contributed by atoms with Crippen molar-refractivity contribution in [2.24, 2.45) is 5.92 Å². The van der Waals surface area contributed by atoms with Crippen molar-refractivity contribution in [3.63, 3.8) is 0 Å². The normalized spacial score (nSPS) is 38.4. The van der Waals surface area contributed by atoms with E-state index in [9.17, 15) is 45.2 Å². The fourth-order valence-corrected chi connectivity index (χ4v) is 8.70. The number of hydrogen-bond acceptors (Lipinski definition) is 16. The van der Waals surface area contributed by atoms with Crippen LogP contribution < -0.4 is 20.7 Å². The van der Waals surface area contributed by atoms with Gasteiger partial charge in [-0.3, -0.25) is 14.9 Å². The summed E-state index contributed by atoms with van der Waals surface area (Å²) in [5, 5.41) is 72.9. The van der Waals surface area contributed by atoms with Gasteiger partial charge in [0.25, 0.3) is 5.69 Å². The summed E-state index contributed by atoms with van der Waals surface area (Å²) in [6.07, 6.45) is -9.02. The number of carbonyl (C=O) groups is 2. The minimum absolute atomic E-state index is 0.0472. The summed E-state index contributed by atoms with van der Waals surface area (Å²) in [5.74, 6) is -0.0140. The monoisotopic (exact) mass is 758 g/mol. The van der Waals surface area contributed by atoms with Gasteiger partial charge < -0.3 is 69.9 Å². The van der Waals surface area contributed by atoms with Gasteiger partial charge in [-0.2, -0.15) is 11.8 Å². The number of benzene rings is 1. The molecule has 3 amide bonds. The SMILES string of the molecule is O=C(CCCCC1SCC2NC(=O)NC21)NC1OCC2OC(COCC3C(CO)OC(COc4ccc([N+](=O)[O-])cc4)C(O)C3O)C(O)C(O)C2O1. The molecule has 5 saturated heterocycles.